The molecule has 0 bridgehead atoms. The quantitative estimate of drug-likeness (QED) is 0.498. The van der Waals surface area contributed by atoms with Gasteiger partial charge in [-0.3, -0.25) is 4.99 Å². The highest BCUT2D eigenvalue weighted by Crippen LogP contribution is 2.20. The van der Waals surface area contributed by atoms with E-state index in [1.165, 1.54) is 0 Å². The zero-order valence-electron chi connectivity index (χ0n) is 8.11. The maximum absolute atomic E-state index is 9.27. The predicted molar refractivity (Wildman–Crippen MR) is 54.7 cm³/mol. The number of aliphatic hydroxyl groups excluding tert-OH is 1. The monoisotopic (exact) mass is 182 g/mol. The van der Waals surface area contributed by atoms with E-state index >= 15 is 0 Å². The van der Waals surface area contributed by atoms with Crippen LogP contribution in [-0.4, -0.2) is 23.1 Å². The zero-order chi connectivity index (χ0) is 9.68. The lowest BCUT2D eigenvalue weighted by atomic mass is 9.93. The number of hydrogen-bond acceptors (Lipinski definition) is 2. The van der Waals surface area contributed by atoms with Crippen molar-refractivity contribution in [1.82, 2.24) is 0 Å². The summed E-state index contributed by atoms with van der Waals surface area (Å²) in [7, 11) is 0. The summed E-state index contributed by atoms with van der Waals surface area (Å²) in [5.41, 5.74) is 5.65. The van der Waals surface area contributed by atoms with Gasteiger partial charge in [-0.15, -0.1) is 0 Å². The second-order valence-corrected chi connectivity index (χ2v) is 3.52. The second kappa shape index (κ2) is 5.02. The molecule has 3 nitrogen and oxygen atoms in total. The predicted octanol–water partition coefficient (Wildman–Crippen LogP) is 1.22. The number of hydrogen-bond donors (Lipinski definition) is 2. The van der Waals surface area contributed by atoms with E-state index in [9.17, 15) is 5.11 Å². The molecule has 0 unspecified atom stereocenters. The Kier molecular flexibility index (Phi) is 3.96. The van der Waals surface area contributed by atoms with E-state index in [1.807, 2.05) is 19.1 Å². The molecule has 1 rings (SSSR count). The third-order valence-corrected chi connectivity index (χ3v) is 2.34. The van der Waals surface area contributed by atoms with Gasteiger partial charge in [-0.05, 0) is 38.7 Å². The number of rotatable bonds is 2. The first-order valence-corrected chi connectivity index (χ1v) is 4.86. The van der Waals surface area contributed by atoms with Crippen LogP contribution in [0.15, 0.2) is 17.1 Å². The highest BCUT2D eigenvalue weighted by Gasteiger charge is 2.18. The Hall–Kier alpha value is -0.830. The van der Waals surface area contributed by atoms with Gasteiger partial charge in [0.2, 0.25) is 0 Å². The summed E-state index contributed by atoms with van der Waals surface area (Å²) in [6, 6.07) is 0.319. The molecule has 1 aliphatic carbocycles. The van der Waals surface area contributed by atoms with Gasteiger partial charge in [0.25, 0.3) is 0 Å². The highest BCUT2D eigenvalue weighted by atomic mass is 16.3. The lowest BCUT2D eigenvalue weighted by molar-refractivity contribution is 0.123. The summed E-state index contributed by atoms with van der Waals surface area (Å²) in [4.78, 5) is 4.36. The first-order chi connectivity index (χ1) is 6.22. The van der Waals surface area contributed by atoms with Crippen LogP contribution in [0.3, 0.4) is 0 Å². The van der Waals surface area contributed by atoms with Crippen molar-refractivity contribution in [2.24, 2.45) is 10.7 Å². The average Bonchev–Trinajstić information content (AvgIpc) is 2.09. The summed E-state index contributed by atoms with van der Waals surface area (Å²) < 4.78 is 0. The van der Waals surface area contributed by atoms with Gasteiger partial charge in [-0.25, -0.2) is 0 Å². The van der Waals surface area contributed by atoms with Gasteiger partial charge in [-0.1, -0.05) is 6.08 Å². The van der Waals surface area contributed by atoms with Crippen LogP contribution in [0, 0.1) is 0 Å². The number of nitrogens with two attached hydrogens (primary N) is 1. The van der Waals surface area contributed by atoms with Crippen LogP contribution >= 0.6 is 0 Å². The molecule has 0 heterocycles. The molecule has 0 aliphatic heterocycles. The summed E-state index contributed by atoms with van der Waals surface area (Å²) in [6.45, 7) is 1.92. The minimum atomic E-state index is -0.116. The average molecular weight is 182 g/mol. The Balaban J connectivity index is 2.41. The fourth-order valence-electron chi connectivity index (χ4n) is 1.61. The van der Waals surface area contributed by atoms with Crippen molar-refractivity contribution in [3.05, 3.63) is 12.2 Å². The van der Waals surface area contributed by atoms with Crippen molar-refractivity contribution in [3.63, 3.8) is 0 Å². The van der Waals surface area contributed by atoms with Gasteiger partial charge in [0, 0.05) is 0 Å². The highest BCUT2D eigenvalue weighted by molar-refractivity contribution is 5.91. The molecule has 0 amide bonds. The molecule has 0 spiro atoms. The van der Waals surface area contributed by atoms with Crippen molar-refractivity contribution in [1.29, 1.82) is 0 Å². The van der Waals surface area contributed by atoms with Gasteiger partial charge in [0.05, 0.1) is 12.1 Å². The minimum Gasteiger partial charge on any atom is -0.393 e. The van der Waals surface area contributed by atoms with E-state index in [-0.39, 0.29) is 6.10 Å². The molecule has 13 heavy (non-hydrogen) atoms. The van der Waals surface area contributed by atoms with Gasteiger partial charge < -0.3 is 10.8 Å². The van der Waals surface area contributed by atoms with E-state index in [0.29, 0.717) is 11.9 Å². The van der Waals surface area contributed by atoms with Crippen LogP contribution in [0.4, 0.5) is 0 Å². The van der Waals surface area contributed by atoms with Crippen molar-refractivity contribution >= 4 is 5.84 Å². The smallest absolute Gasteiger partial charge is 0.118 e. The molecule has 0 aromatic rings. The van der Waals surface area contributed by atoms with E-state index in [4.69, 9.17) is 5.73 Å². The number of allylic oxidation sites excluding steroid dienone is 1. The summed E-state index contributed by atoms with van der Waals surface area (Å²) in [5.74, 6) is 0.601. The van der Waals surface area contributed by atoms with Crippen LogP contribution in [0.5, 0.6) is 0 Å². The minimum absolute atomic E-state index is 0.116. The van der Waals surface area contributed by atoms with Crippen LogP contribution in [0.25, 0.3) is 0 Å². The van der Waals surface area contributed by atoms with Crippen LogP contribution < -0.4 is 5.73 Å². The molecule has 3 heteroatoms. The molecular formula is C10H18N2O. The first kappa shape index (κ1) is 10.3. The van der Waals surface area contributed by atoms with Crippen LogP contribution in [-0.2, 0) is 0 Å². The van der Waals surface area contributed by atoms with E-state index in [1.54, 1.807) is 0 Å². The van der Waals surface area contributed by atoms with Gasteiger partial charge in [0.15, 0.2) is 0 Å². The van der Waals surface area contributed by atoms with Crippen LogP contribution in [0.1, 0.15) is 32.6 Å². The Morgan fingerprint density at radius 1 is 1.38 bits per heavy atom. The summed E-state index contributed by atoms with van der Waals surface area (Å²) >= 11 is 0. The molecular weight excluding hydrogens is 164 g/mol. The van der Waals surface area contributed by atoms with E-state index in [2.05, 4.69) is 4.99 Å². The third kappa shape index (κ3) is 3.59. The number of aliphatic hydroxyl groups is 1. The molecule has 0 aromatic carbocycles. The number of aliphatic imine (C=N–C) groups is 1. The normalized spacial score (nSPS) is 31.1. The second-order valence-electron chi connectivity index (χ2n) is 3.52. The van der Waals surface area contributed by atoms with E-state index in [0.717, 1.165) is 25.7 Å². The SMILES string of the molecule is CC=CC(N)=NC1CCC(O)CC1. The Bertz CT molecular complexity index is 203. The lowest BCUT2D eigenvalue weighted by Crippen LogP contribution is -2.23. The van der Waals surface area contributed by atoms with E-state index < -0.39 is 0 Å². The van der Waals surface area contributed by atoms with Crippen LogP contribution in [0.2, 0.25) is 0 Å². The molecule has 0 saturated heterocycles. The molecule has 0 aromatic heterocycles. The third-order valence-electron chi connectivity index (χ3n) is 2.34. The molecule has 0 atom stereocenters. The largest absolute Gasteiger partial charge is 0.393 e. The topological polar surface area (TPSA) is 58.6 Å². The Morgan fingerprint density at radius 3 is 2.54 bits per heavy atom. The standard InChI is InChI=1S/C10H18N2O/c1-2-3-10(11)12-8-4-6-9(13)7-5-8/h2-3,8-9,13H,4-7H2,1H3,(H2,11,12). The summed E-state index contributed by atoms with van der Waals surface area (Å²) in [6.07, 6.45) is 7.21. The first-order valence-electron chi connectivity index (χ1n) is 4.86. The maximum Gasteiger partial charge on any atom is 0.118 e. The molecule has 1 aliphatic rings. The van der Waals surface area contributed by atoms with Gasteiger partial charge in [0.1, 0.15) is 5.84 Å². The molecule has 74 valence electrons. The fraction of sp³-hybridized carbons (Fsp3) is 0.700. The van der Waals surface area contributed by atoms with Crippen molar-refractivity contribution in [2.45, 2.75) is 44.8 Å². The molecule has 1 fully saturated rings. The lowest BCUT2D eigenvalue weighted by Gasteiger charge is -2.22. The maximum atomic E-state index is 9.27. The molecule has 0 radical (unpaired) electrons. The Labute approximate surface area is 79.4 Å². The van der Waals surface area contributed by atoms with Gasteiger partial charge in [-0.2, -0.15) is 0 Å². The van der Waals surface area contributed by atoms with Crippen molar-refractivity contribution in [2.75, 3.05) is 0 Å². The summed E-state index contributed by atoms with van der Waals surface area (Å²) in [5, 5.41) is 9.27. The molecule has 3 N–H and O–H groups in total. The number of nitrogens with zero attached hydrogens (tertiary/aromatic N) is 1. The molecule has 1 saturated carbocycles. The fourth-order valence-corrected chi connectivity index (χ4v) is 1.61. The Morgan fingerprint density at radius 2 is 2.00 bits per heavy atom. The number of amidine groups is 1. The van der Waals surface area contributed by atoms with Crippen molar-refractivity contribution in [3.8, 4) is 0 Å². The van der Waals surface area contributed by atoms with Gasteiger partial charge >= 0.3 is 0 Å². The zero-order valence-corrected chi connectivity index (χ0v) is 8.11. The van der Waals surface area contributed by atoms with Crippen molar-refractivity contribution < 1.29 is 5.11 Å².